The molecule has 0 amide bonds. The number of nitrogens with one attached hydrogen (secondary N) is 1. The van der Waals surface area contributed by atoms with Crippen LogP contribution in [0.5, 0.6) is 0 Å². The summed E-state index contributed by atoms with van der Waals surface area (Å²) in [6.07, 6.45) is 2.81. The fourth-order valence-corrected chi connectivity index (χ4v) is 4.16. The third-order valence-electron chi connectivity index (χ3n) is 6.04. The van der Waals surface area contributed by atoms with Gasteiger partial charge in [-0.3, -0.25) is 10.1 Å². The highest BCUT2D eigenvalue weighted by Gasteiger charge is 2.28. The van der Waals surface area contributed by atoms with Gasteiger partial charge in [0.2, 0.25) is 11.9 Å². The van der Waals surface area contributed by atoms with Crippen molar-refractivity contribution in [3.8, 4) is 0 Å². The molecule has 6 nitrogen and oxygen atoms in total. The van der Waals surface area contributed by atoms with Crippen LogP contribution < -0.4 is 5.32 Å². The van der Waals surface area contributed by atoms with Gasteiger partial charge in [0.05, 0.1) is 22.5 Å². The second-order valence-corrected chi connectivity index (χ2v) is 8.20. The number of hydrogen-bond donors (Lipinski definition) is 1. The molecular weight excluding hydrogens is 386 g/mol. The van der Waals surface area contributed by atoms with Gasteiger partial charge < -0.3 is 0 Å². The molecule has 6 heteroatoms. The maximum atomic E-state index is 12.7. The summed E-state index contributed by atoms with van der Waals surface area (Å²) in [5.74, 6) is 1.08. The highest BCUT2D eigenvalue weighted by molar-refractivity contribution is 5.98. The number of Topliss-reactive ketones (excluding diaryl/α,β-unsaturated/α-hetero) is 1. The number of benzene rings is 2. The van der Waals surface area contributed by atoms with Crippen LogP contribution in [0, 0.1) is 20.8 Å². The van der Waals surface area contributed by atoms with Crippen molar-refractivity contribution in [3.05, 3.63) is 82.3 Å². The van der Waals surface area contributed by atoms with Gasteiger partial charge in [0.1, 0.15) is 0 Å². The van der Waals surface area contributed by atoms with Gasteiger partial charge in [-0.25, -0.2) is 19.9 Å². The fraction of sp³-hybridized carbons (Fsp3) is 0.240. The molecule has 2 heterocycles. The van der Waals surface area contributed by atoms with E-state index in [2.05, 4.69) is 63.4 Å². The summed E-state index contributed by atoms with van der Waals surface area (Å²) in [5.41, 5.74) is 6.73. The van der Waals surface area contributed by atoms with Crippen LogP contribution in [0.15, 0.2) is 48.7 Å². The van der Waals surface area contributed by atoms with E-state index < -0.39 is 0 Å². The van der Waals surface area contributed by atoms with E-state index in [0.29, 0.717) is 30.3 Å². The lowest BCUT2D eigenvalue weighted by atomic mass is 9.82. The zero-order valence-corrected chi connectivity index (χ0v) is 17.8. The maximum Gasteiger partial charge on any atom is 0.230 e. The topological polar surface area (TPSA) is 80.7 Å². The Kier molecular flexibility index (Phi) is 4.70. The lowest BCUT2D eigenvalue weighted by Crippen LogP contribution is -2.21. The van der Waals surface area contributed by atoms with Gasteiger partial charge in [-0.1, -0.05) is 30.3 Å². The largest absolute Gasteiger partial charge is 0.294 e. The Morgan fingerprint density at radius 1 is 0.903 bits per heavy atom. The summed E-state index contributed by atoms with van der Waals surface area (Å²) >= 11 is 0. The van der Waals surface area contributed by atoms with Crippen LogP contribution in [0.2, 0.25) is 0 Å². The minimum atomic E-state index is 0.0882. The molecule has 1 atom stereocenters. The number of aryl methyl sites for hydroxylation is 3. The molecule has 0 aliphatic heterocycles. The molecule has 5 rings (SSSR count). The molecule has 0 fully saturated rings. The Bertz CT molecular complexity index is 1320. The zero-order valence-electron chi connectivity index (χ0n) is 17.8. The smallest absolute Gasteiger partial charge is 0.230 e. The zero-order chi connectivity index (χ0) is 21.5. The summed E-state index contributed by atoms with van der Waals surface area (Å²) in [5, 5.41) is 4.17. The number of fused-ring (bicyclic) bond motifs is 2. The molecule has 154 valence electrons. The molecule has 0 saturated carbocycles. The van der Waals surface area contributed by atoms with Crippen molar-refractivity contribution in [3.63, 3.8) is 0 Å². The summed E-state index contributed by atoms with van der Waals surface area (Å²) < 4.78 is 0. The molecule has 0 radical (unpaired) electrons. The van der Waals surface area contributed by atoms with E-state index >= 15 is 0 Å². The van der Waals surface area contributed by atoms with Crippen molar-refractivity contribution >= 4 is 28.6 Å². The number of anilines is 2. The van der Waals surface area contributed by atoms with Crippen molar-refractivity contribution in [1.82, 2.24) is 19.9 Å². The van der Waals surface area contributed by atoms with Crippen molar-refractivity contribution in [2.75, 3.05) is 5.32 Å². The van der Waals surface area contributed by atoms with Crippen LogP contribution in [-0.4, -0.2) is 25.7 Å². The number of rotatable bonds is 3. The highest BCUT2D eigenvalue weighted by atomic mass is 16.1. The first kappa shape index (κ1) is 19.3. The second kappa shape index (κ2) is 7.54. The average Bonchev–Trinajstić information content (AvgIpc) is 2.75. The first-order chi connectivity index (χ1) is 15.0. The van der Waals surface area contributed by atoms with Crippen molar-refractivity contribution < 1.29 is 4.79 Å². The number of ketones is 1. The molecule has 1 aliphatic carbocycles. The molecule has 1 N–H and O–H groups in total. The van der Waals surface area contributed by atoms with Gasteiger partial charge in [0, 0.05) is 18.0 Å². The second-order valence-electron chi connectivity index (χ2n) is 8.20. The molecule has 0 unspecified atom stereocenters. The predicted octanol–water partition coefficient (Wildman–Crippen LogP) is 5.00. The first-order valence-corrected chi connectivity index (χ1v) is 10.4. The molecule has 0 bridgehead atoms. The Morgan fingerprint density at radius 2 is 1.68 bits per heavy atom. The van der Waals surface area contributed by atoms with E-state index in [1.807, 2.05) is 25.1 Å². The van der Waals surface area contributed by atoms with Gasteiger partial charge in [-0.2, -0.15) is 0 Å². The van der Waals surface area contributed by atoms with Crippen LogP contribution in [0.3, 0.4) is 0 Å². The summed E-state index contributed by atoms with van der Waals surface area (Å²) in [7, 11) is 0. The highest BCUT2D eigenvalue weighted by Crippen LogP contribution is 2.32. The minimum absolute atomic E-state index is 0.0882. The Morgan fingerprint density at radius 3 is 2.48 bits per heavy atom. The van der Waals surface area contributed by atoms with Gasteiger partial charge >= 0.3 is 0 Å². The monoisotopic (exact) mass is 409 g/mol. The van der Waals surface area contributed by atoms with Crippen molar-refractivity contribution in [1.29, 1.82) is 0 Å². The molecule has 4 aromatic rings. The van der Waals surface area contributed by atoms with Gasteiger partial charge in [0.15, 0.2) is 5.78 Å². The molecule has 31 heavy (non-hydrogen) atoms. The molecular formula is C25H23N5O. The minimum Gasteiger partial charge on any atom is -0.294 e. The van der Waals surface area contributed by atoms with E-state index in [-0.39, 0.29) is 11.7 Å². The van der Waals surface area contributed by atoms with Gasteiger partial charge in [-0.05, 0) is 61.9 Å². The van der Waals surface area contributed by atoms with Gasteiger partial charge in [0.25, 0.3) is 0 Å². The Balaban J connectivity index is 1.46. The quantitative estimate of drug-likeness (QED) is 0.513. The van der Waals surface area contributed by atoms with Crippen LogP contribution in [-0.2, 0) is 6.42 Å². The van der Waals surface area contributed by atoms with E-state index in [4.69, 9.17) is 0 Å². The summed E-state index contributed by atoms with van der Waals surface area (Å²) in [6.45, 7) is 6.14. The normalized spacial score (nSPS) is 15.7. The van der Waals surface area contributed by atoms with Crippen LogP contribution in [0.25, 0.3) is 10.9 Å². The first-order valence-electron chi connectivity index (χ1n) is 10.4. The van der Waals surface area contributed by atoms with Gasteiger partial charge in [-0.15, -0.1) is 0 Å². The van der Waals surface area contributed by atoms with Crippen LogP contribution >= 0.6 is 0 Å². The van der Waals surface area contributed by atoms with E-state index in [0.717, 1.165) is 27.9 Å². The number of carbonyl (C=O) groups excluding carboxylic acids is 1. The molecule has 2 aromatic heterocycles. The lowest BCUT2D eigenvalue weighted by Gasteiger charge is -2.23. The Hall–Kier alpha value is -3.67. The van der Waals surface area contributed by atoms with Crippen molar-refractivity contribution in [2.24, 2.45) is 0 Å². The van der Waals surface area contributed by atoms with E-state index in [1.54, 1.807) is 6.20 Å². The maximum absolute atomic E-state index is 12.7. The van der Waals surface area contributed by atoms with E-state index in [1.165, 1.54) is 11.1 Å². The van der Waals surface area contributed by atoms with Crippen LogP contribution in [0.4, 0.5) is 11.9 Å². The summed E-state index contributed by atoms with van der Waals surface area (Å²) in [4.78, 5) is 30.9. The number of hydrogen-bond acceptors (Lipinski definition) is 6. The van der Waals surface area contributed by atoms with E-state index in [9.17, 15) is 4.79 Å². The Labute approximate surface area is 180 Å². The molecule has 1 aliphatic rings. The standard InChI is InChI=1S/C25H23N5O/c1-14-9-19-16(3)27-25(29-21(19)10-15(14)2)30-24-26-13-20-22(28-24)11-18(12-23(20)31)17-7-5-4-6-8-17/h4-10,13,18H,11-12H2,1-3H3,(H,26,27,28,29,30)/t18-/m0/s1. The molecule has 0 spiro atoms. The van der Waals surface area contributed by atoms with Crippen molar-refractivity contribution in [2.45, 2.75) is 39.5 Å². The number of aromatic nitrogens is 4. The average molecular weight is 409 g/mol. The SMILES string of the molecule is Cc1cc2nc(Nc3ncc4c(n3)C[C@H](c3ccccc3)CC4=O)nc(C)c2cc1C. The molecule has 2 aromatic carbocycles. The number of nitrogens with zero attached hydrogens (tertiary/aromatic N) is 4. The lowest BCUT2D eigenvalue weighted by molar-refractivity contribution is 0.0962. The fourth-order valence-electron chi connectivity index (χ4n) is 4.16. The third kappa shape index (κ3) is 3.65. The number of carbonyl (C=O) groups is 1. The third-order valence-corrected chi connectivity index (χ3v) is 6.04. The van der Waals surface area contributed by atoms with Crippen LogP contribution in [0.1, 0.15) is 50.8 Å². The summed E-state index contributed by atoms with van der Waals surface area (Å²) in [6, 6.07) is 14.3. The molecule has 0 saturated heterocycles. The predicted molar refractivity (Wildman–Crippen MR) is 121 cm³/mol.